The molecule has 5 aromatic rings. The molecule has 0 saturated carbocycles. The minimum absolute atomic E-state index is 0.136. The van der Waals surface area contributed by atoms with Crippen molar-refractivity contribution < 1.29 is 28.9 Å². The highest BCUT2D eigenvalue weighted by Crippen LogP contribution is 2.36. The third-order valence-electron chi connectivity index (χ3n) is 7.60. The number of rotatable bonds is 10. The molecule has 0 fully saturated rings. The van der Waals surface area contributed by atoms with E-state index in [4.69, 9.17) is 19.2 Å². The van der Waals surface area contributed by atoms with E-state index in [0.29, 0.717) is 43.2 Å². The van der Waals surface area contributed by atoms with Crippen LogP contribution in [0.4, 0.5) is 0 Å². The second-order valence-corrected chi connectivity index (χ2v) is 12.8. The molecule has 48 heavy (non-hydrogen) atoms. The molecule has 2 heterocycles. The van der Waals surface area contributed by atoms with Gasteiger partial charge >= 0.3 is 11.9 Å². The van der Waals surface area contributed by atoms with Crippen LogP contribution in [0, 0.1) is 3.57 Å². The molecule has 0 unspecified atom stereocenters. The summed E-state index contributed by atoms with van der Waals surface area (Å²) in [4.78, 5) is 44.6. The fraction of sp³-hybridized carbons (Fsp3) is 0.135. The molecule has 0 amide bonds. The van der Waals surface area contributed by atoms with E-state index in [1.807, 2.05) is 66.7 Å². The third kappa shape index (κ3) is 6.69. The predicted molar refractivity (Wildman–Crippen MR) is 191 cm³/mol. The lowest BCUT2D eigenvalue weighted by Crippen LogP contribution is -2.40. The van der Waals surface area contributed by atoms with Crippen molar-refractivity contribution in [1.82, 2.24) is 4.57 Å². The zero-order chi connectivity index (χ0) is 33.8. The van der Waals surface area contributed by atoms with Crippen LogP contribution in [-0.4, -0.2) is 35.3 Å². The normalized spacial score (nSPS) is 14.2. The van der Waals surface area contributed by atoms with Crippen LogP contribution in [0.25, 0.3) is 11.8 Å². The summed E-state index contributed by atoms with van der Waals surface area (Å²) in [5.41, 5.74) is 3.52. The highest BCUT2D eigenvalue weighted by molar-refractivity contribution is 14.1. The summed E-state index contributed by atoms with van der Waals surface area (Å²) < 4.78 is 20.0. The summed E-state index contributed by atoms with van der Waals surface area (Å²) in [7, 11) is 1.53. The van der Waals surface area contributed by atoms with Gasteiger partial charge in [-0.25, -0.2) is 14.6 Å². The number of methoxy groups -OCH3 is 1. The molecular formula is C37H29IN2O7S. The van der Waals surface area contributed by atoms with Gasteiger partial charge in [-0.3, -0.25) is 9.36 Å². The topological polar surface area (TPSA) is 116 Å². The zero-order valence-corrected chi connectivity index (χ0v) is 28.9. The Labute approximate surface area is 293 Å². The fourth-order valence-corrected chi connectivity index (χ4v) is 7.24. The largest absolute Gasteiger partial charge is 0.493 e. The van der Waals surface area contributed by atoms with Gasteiger partial charge in [-0.1, -0.05) is 84.1 Å². The maximum Gasteiger partial charge on any atom is 0.338 e. The number of carbonyl (C=O) groups excluding carboxylic acids is 1. The number of aromatic carboxylic acids is 1. The summed E-state index contributed by atoms with van der Waals surface area (Å²) in [5, 5.41) is 9.33. The van der Waals surface area contributed by atoms with Crippen molar-refractivity contribution in [2.45, 2.75) is 19.6 Å². The Balaban J connectivity index is 1.45. The Bertz CT molecular complexity index is 2230. The quantitative estimate of drug-likeness (QED) is 0.141. The minimum atomic E-state index is -1.01. The van der Waals surface area contributed by atoms with E-state index in [2.05, 4.69) is 22.6 Å². The molecule has 6 rings (SSSR count). The molecule has 1 aliphatic heterocycles. The molecule has 0 bridgehead atoms. The molecule has 11 heteroatoms. The lowest BCUT2D eigenvalue weighted by molar-refractivity contribution is -0.138. The number of esters is 1. The highest BCUT2D eigenvalue weighted by atomic mass is 127. The number of benzene rings is 4. The molecule has 0 aliphatic carbocycles. The molecule has 1 atom stereocenters. The van der Waals surface area contributed by atoms with Crippen LogP contribution in [-0.2, 0) is 16.1 Å². The number of carbonyl (C=O) groups is 2. The lowest BCUT2D eigenvalue weighted by atomic mass is 9.93. The number of ether oxygens (including phenoxy) is 3. The van der Waals surface area contributed by atoms with Crippen LogP contribution in [0.1, 0.15) is 45.6 Å². The molecule has 0 spiro atoms. The Kier molecular flexibility index (Phi) is 9.88. The number of nitrogens with zero attached hydrogens (tertiary/aromatic N) is 2. The molecule has 9 nitrogen and oxygen atoms in total. The van der Waals surface area contributed by atoms with Gasteiger partial charge in [0.05, 0.1) is 44.7 Å². The number of aromatic nitrogens is 1. The molecule has 1 aliphatic rings. The van der Waals surface area contributed by atoms with Crippen LogP contribution >= 0.6 is 33.9 Å². The van der Waals surface area contributed by atoms with Crippen LogP contribution in [0.2, 0.25) is 0 Å². The number of thiazole rings is 1. The van der Waals surface area contributed by atoms with Gasteiger partial charge in [0.2, 0.25) is 0 Å². The smallest absolute Gasteiger partial charge is 0.338 e. The van der Waals surface area contributed by atoms with Crippen LogP contribution < -0.4 is 24.4 Å². The van der Waals surface area contributed by atoms with E-state index in [1.54, 1.807) is 41.8 Å². The summed E-state index contributed by atoms with van der Waals surface area (Å²) in [6.45, 7) is 2.05. The van der Waals surface area contributed by atoms with Crippen molar-refractivity contribution in [3.05, 3.63) is 154 Å². The zero-order valence-electron chi connectivity index (χ0n) is 25.9. The average Bonchev–Trinajstić information content (AvgIpc) is 3.41. The first-order valence-electron chi connectivity index (χ1n) is 14.9. The molecule has 242 valence electrons. The van der Waals surface area contributed by atoms with Gasteiger partial charge in [-0.15, -0.1) is 0 Å². The second kappa shape index (κ2) is 14.4. The standard InChI is InChI=1S/C37H29IN2O7S/c1-3-46-36(44)30-31(24-12-6-4-7-13-24)39-37-40(32(30)25-14-8-5-9-15-25)34(41)29(48-37)20-23-18-27(38)33(28(19-23)45-2)47-21-22-11-10-16-26(17-22)35(42)43/h4-20,32H,3,21H2,1-2H3,(H,42,43)/b29-20-/t32-/m0/s1. The van der Waals surface area contributed by atoms with Gasteiger partial charge in [0.15, 0.2) is 16.3 Å². The van der Waals surface area contributed by atoms with Gasteiger partial charge in [-0.05, 0) is 76.5 Å². The number of carboxylic acids is 1. The first-order chi connectivity index (χ1) is 23.3. The van der Waals surface area contributed by atoms with Crippen LogP contribution in [0.15, 0.2) is 112 Å². The molecular weight excluding hydrogens is 743 g/mol. The molecule has 4 aromatic carbocycles. The van der Waals surface area contributed by atoms with Crippen molar-refractivity contribution in [3.8, 4) is 11.5 Å². The van der Waals surface area contributed by atoms with E-state index in [1.165, 1.54) is 24.5 Å². The monoisotopic (exact) mass is 772 g/mol. The molecule has 1 N–H and O–H groups in total. The Morgan fingerprint density at radius 3 is 2.42 bits per heavy atom. The summed E-state index contributed by atoms with van der Waals surface area (Å²) in [5.74, 6) is -0.600. The third-order valence-corrected chi connectivity index (χ3v) is 9.38. The van der Waals surface area contributed by atoms with Gasteiger partial charge in [0.25, 0.3) is 5.56 Å². The Hall–Kier alpha value is -5.01. The molecule has 0 saturated heterocycles. The highest BCUT2D eigenvalue weighted by Gasteiger charge is 2.35. The van der Waals surface area contributed by atoms with Crippen molar-refractivity contribution >= 4 is 57.6 Å². The van der Waals surface area contributed by atoms with Crippen molar-refractivity contribution in [1.29, 1.82) is 0 Å². The minimum Gasteiger partial charge on any atom is -0.493 e. The number of hydrogen-bond acceptors (Lipinski definition) is 8. The first-order valence-corrected chi connectivity index (χ1v) is 16.8. The van der Waals surface area contributed by atoms with E-state index in [-0.39, 0.29) is 24.3 Å². The maximum absolute atomic E-state index is 14.2. The molecule has 0 radical (unpaired) electrons. The van der Waals surface area contributed by atoms with E-state index in [0.717, 1.165) is 14.7 Å². The maximum atomic E-state index is 14.2. The first kappa shape index (κ1) is 32.9. The molecule has 1 aromatic heterocycles. The van der Waals surface area contributed by atoms with E-state index in [9.17, 15) is 19.5 Å². The van der Waals surface area contributed by atoms with Crippen LogP contribution in [0.3, 0.4) is 0 Å². The van der Waals surface area contributed by atoms with Crippen molar-refractivity contribution in [2.24, 2.45) is 4.99 Å². The predicted octanol–water partition coefficient (Wildman–Crippen LogP) is 5.83. The van der Waals surface area contributed by atoms with Gasteiger partial charge < -0.3 is 19.3 Å². The van der Waals surface area contributed by atoms with Crippen molar-refractivity contribution in [3.63, 3.8) is 0 Å². The second-order valence-electron chi connectivity index (χ2n) is 10.7. The Morgan fingerprint density at radius 2 is 1.73 bits per heavy atom. The summed E-state index contributed by atoms with van der Waals surface area (Å²) in [6.07, 6.45) is 1.77. The van der Waals surface area contributed by atoms with Gasteiger partial charge in [0, 0.05) is 5.56 Å². The SMILES string of the molecule is CCOC(=O)C1=C(c2ccccc2)N=c2s/c(=C\c3cc(I)c(OCc4cccc(C(=O)O)c4)c(OC)c3)c(=O)n2[C@H]1c1ccccc1. The average molecular weight is 773 g/mol. The van der Waals surface area contributed by atoms with Gasteiger partial charge in [0.1, 0.15) is 6.61 Å². The lowest BCUT2D eigenvalue weighted by Gasteiger charge is -2.25. The number of hydrogen-bond donors (Lipinski definition) is 1. The number of fused-ring (bicyclic) bond motifs is 1. The van der Waals surface area contributed by atoms with E-state index >= 15 is 0 Å². The van der Waals surface area contributed by atoms with Crippen molar-refractivity contribution in [2.75, 3.05) is 13.7 Å². The fourth-order valence-electron chi connectivity index (χ4n) is 5.46. The number of halogens is 1. The van der Waals surface area contributed by atoms with Crippen LogP contribution in [0.5, 0.6) is 11.5 Å². The Morgan fingerprint density at radius 1 is 1.00 bits per heavy atom. The van der Waals surface area contributed by atoms with E-state index < -0.39 is 18.0 Å². The van der Waals surface area contributed by atoms with Gasteiger partial charge in [-0.2, -0.15) is 0 Å². The summed E-state index contributed by atoms with van der Waals surface area (Å²) >= 11 is 3.38. The number of carboxylic acid groups (broad SMARTS) is 1. The summed E-state index contributed by atoms with van der Waals surface area (Å²) in [6, 6.07) is 28.3.